The number of halogens is 2. The van der Waals surface area contributed by atoms with E-state index in [4.69, 9.17) is 5.11 Å². The Morgan fingerprint density at radius 3 is 2.00 bits per heavy atom. The summed E-state index contributed by atoms with van der Waals surface area (Å²) in [6, 6.07) is 13.9. The molecular weight excluding hydrogens is 414 g/mol. The largest absolute Gasteiger partial charge is 0.481 e. The van der Waals surface area contributed by atoms with E-state index in [0.717, 1.165) is 11.1 Å². The predicted octanol–water partition coefficient (Wildman–Crippen LogP) is 3.29. The first-order valence-corrected chi connectivity index (χ1v) is 10.1. The Labute approximate surface area is 186 Å². The molecule has 2 aromatic carbocycles. The average Bonchev–Trinajstić information content (AvgIpc) is 2.78. The first-order chi connectivity index (χ1) is 15.4. The molecule has 0 aliphatic carbocycles. The molecule has 0 heterocycles. The molecule has 0 fully saturated rings. The number of carbonyl (C=O) groups is 2. The van der Waals surface area contributed by atoms with Crippen LogP contribution in [0.2, 0.25) is 0 Å². The van der Waals surface area contributed by atoms with Crippen LogP contribution in [0.5, 0.6) is 0 Å². The number of nitrogens with one attached hydrogen (secondary N) is 2. The van der Waals surface area contributed by atoms with E-state index in [1.54, 1.807) is 43.3 Å². The summed E-state index contributed by atoms with van der Waals surface area (Å²) < 4.78 is 24.2. The number of rotatable bonds is 9. The highest BCUT2D eigenvalue weighted by molar-refractivity contribution is 5.94. The van der Waals surface area contributed by atoms with Gasteiger partial charge < -0.3 is 15.7 Å². The van der Waals surface area contributed by atoms with E-state index in [-0.39, 0.29) is 19.0 Å². The summed E-state index contributed by atoms with van der Waals surface area (Å²) in [4.78, 5) is 23.1. The third-order valence-corrected chi connectivity index (χ3v) is 4.56. The van der Waals surface area contributed by atoms with E-state index in [1.165, 1.54) is 0 Å². The van der Waals surface area contributed by atoms with Gasteiger partial charge in [-0.3, -0.25) is 9.59 Å². The second kappa shape index (κ2) is 12.9. The van der Waals surface area contributed by atoms with Crippen molar-refractivity contribution in [1.29, 1.82) is 0 Å². The highest BCUT2D eigenvalue weighted by Crippen LogP contribution is 2.06. The number of benzene rings is 2. The lowest BCUT2D eigenvalue weighted by molar-refractivity contribution is -0.141. The standard InChI is InChI=1S/C25H24F2N2O3/c1-2-21(25(31)32)16-29-24(30)22-13-11-19(12-14-22)6-4-3-5-18-7-9-20(10-8-18)15-28-17-23(26)27/h7-14,21,23,28H,2,15-17H2,1H3,(H,29,30)(H,31,32). The molecule has 0 saturated carbocycles. The Kier molecular flexibility index (Phi) is 9.90. The van der Waals surface area contributed by atoms with Crippen LogP contribution in [-0.4, -0.2) is 36.5 Å². The van der Waals surface area contributed by atoms with Gasteiger partial charge in [0, 0.05) is 29.8 Å². The molecule has 0 saturated heterocycles. The molecule has 1 atom stereocenters. The summed E-state index contributed by atoms with van der Waals surface area (Å²) in [7, 11) is 0. The summed E-state index contributed by atoms with van der Waals surface area (Å²) in [5.41, 5.74) is 2.76. The maximum Gasteiger partial charge on any atom is 0.308 e. The van der Waals surface area contributed by atoms with Crippen molar-refractivity contribution in [2.45, 2.75) is 26.3 Å². The number of carboxylic acids is 1. The van der Waals surface area contributed by atoms with E-state index in [9.17, 15) is 18.4 Å². The van der Waals surface area contributed by atoms with Crippen molar-refractivity contribution in [2.24, 2.45) is 5.92 Å². The van der Waals surface area contributed by atoms with E-state index < -0.39 is 18.3 Å². The van der Waals surface area contributed by atoms with Gasteiger partial charge in [0.1, 0.15) is 0 Å². The Morgan fingerprint density at radius 2 is 1.50 bits per heavy atom. The number of carboxylic acid groups (broad SMARTS) is 1. The molecule has 5 nitrogen and oxygen atoms in total. The molecule has 2 aromatic rings. The predicted molar refractivity (Wildman–Crippen MR) is 118 cm³/mol. The molecule has 0 aliphatic heterocycles. The highest BCUT2D eigenvalue weighted by Gasteiger charge is 2.16. The van der Waals surface area contributed by atoms with Gasteiger partial charge in [0.2, 0.25) is 0 Å². The van der Waals surface area contributed by atoms with Crippen LogP contribution in [-0.2, 0) is 11.3 Å². The van der Waals surface area contributed by atoms with Crippen molar-refractivity contribution >= 4 is 11.9 Å². The summed E-state index contributed by atoms with van der Waals surface area (Å²) >= 11 is 0. The summed E-state index contributed by atoms with van der Waals surface area (Å²) in [5, 5.41) is 14.3. The van der Waals surface area contributed by atoms with E-state index in [1.807, 2.05) is 12.1 Å². The molecule has 1 unspecified atom stereocenters. The van der Waals surface area contributed by atoms with Crippen LogP contribution in [0.3, 0.4) is 0 Å². The minimum Gasteiger partial charge on any atom is -0.481 e. The second-order valence-corrected chi connectivity index (χ2v) is 6.95. The maximum absolute atomic E-state index is 12.1. The first kappa shape index (κ1) is 24.6. The number of aliphatic carboxylic acids is 1. The van der Waals surface area contributed by atoms with Gasteiger partial charge in [0.15, 0.2) is 0 Å². The Bertz CT molecular complexity index is 1030. The van der Waals surface area contributed by atoms with Gasteiger partial charge >= 0.3 is 5.97 Å². The zero-order chi connectivity index (χ0) is 23.3. The van der Waals surface area contributed by atoms with Crippen molar-refractivity contribution in [1.82, 2.24) is 10.6 Å². The molecule has 166 valence electrons. The molecule has 2 rings (SSSR count). The van der Waals surface area contributed by atoms with Gasteiger partial charge in [-0.1, -0.05) is 30.9 Å². The van der Waals surface area contributed by atoms with Crippen LogP contribution in [0.4, 0.5) is 8.78 Å². The van der Waals surface area contributed by atoms with Gasteiger partial charge in [-0.2, -0.15) is 0 Å². The fourth-order valence-electron chi connectivity index (χ4n) is 2.67. The van der Waals surface area contributed by atoms with Crippen LogP contribution in [0, 0.1) is 29.6 Å². The Hall–Kier alpha value is -3.68. The van der Waals surface area contributed by atoms with Crippen molar-refractivity contribution in [3.63, 3.8) is 0 Å². The molecule has 32 heavy (non-hydrogen) atoms. The molecule has 1 amide bonds. The van der Waals surface area contributed by atoms with Crippen molar-refractivity contribution in [3.8, 4) is 23.7 Å². The third-order valence-electron chi connectivity index (χ3n) is 4.56. The fraction of sp³-hybridized carbons (Fsp3) is 0.280. The van der Waals surface area contributed by atoms with E-state index >= 15 is 0 Å². The lowest BCUT2D eigenvalue weighted by Gasteiger charge is -2.11. The van der Waals surface area contributed by atoms with Gasteiger partial charge in [-0.15, -0.1) is 0 Å². The molecule has 0 spiro atoms. The van der Waals surface area contributed by atoms with E-state index in [2.05, 4.69) is 34.3 Å². The second-order valence-electron chi connectivity index (χ2n) is 6.95. The smallest absolute Gasteiger partial charge is 0.308 e. The Balaban J connectivity index is 1.88. The average molecular weight is 438 g/mol. The normalized spacial score (nSPS) is 11.0. The van der Waals surface area contributed by atoms with Crippen LogP contribution >= 0.6 is 0 Å². The number of alkyl halides is 2. The quantitative estimate of drug-likeness (QED) is 0.525. The minimum absolute atomic E-state index is 0.0784. The zero-order valence-electron chi connectivity index (χ0n) is 17.6. The molecule has 3 N–H and O–H groups in total. The monoisotopic (exact) mass is 438 g/mol. The van der Waals surface area contributed by atoms with Crippen LogP contribution in [0.15, 0.2) is 48.5 Å². The molecule has 0 bridgehead atoms. The van der Waals surface area contributed by atoms with Crippen molar-refractivity contribution < 1.29 is 23.5 Å². The summed E-state index contributed by atoms with van der Waals surface area (Å²) in [5.74, 6) is 9.43. The topological polar surface area (TPSA) is 78.4 Å². The number of carbonyl (C=O) groups excluding carboxylic acids is 1. The lowest BCUT2D eigenvalue weighted by atomic mass is 10.1. The summed E-state index contributed by atoms with van der Waals surface area (Å²) in [6.45, 7) is 1.86. The van der Waals surface area contributed by atoms with Gasteiger partial charge in [0.25, 0.3) is 12.3 Å². The molecule has 0 aromatic heterocycles. The molecule has 7 heteroatoms. The molecule has 0 radical (unpaired) electrons. The Morgan fingerprint density at radius 1 is 0.938 bits per heavy atom. The maximum atomic E-state index is 12.1. The number of hydrogen-bond acceptors (Lipinski definition) is 3. The first-order valence-electron chi connectivity index (χ1n) is 10.1. The van der Waals surface area contributed by atoms with Crippen LogP contribution < -0.4 is 10.6 Å². The fourth-order valence-corrected chi connectivity index (χ4v) is 2.67. The van der Waals surface area contributed by atoms with E-state index in [0.29, 0.717) is 24.1 Å². The minimum atomic E-state index is -2.37. The SMILES string of the molecule is CCC(CNC(=O)c1ccc(C#CC#Cc2ccc(CNCC(F)F)cc2)cc1)C(=O)O. The lowest BCUT2D eigenvalue weighted by Crippen LogP contribution is -2.32. The zero-order valence-corrected chi connectivity index (χ0v) is 17.6. The molecule has 0 aliphatic rings. The summed E-state index contributed by atoms with van der Waals surface area (Å²) in [6.07, 6.45) is -1.93. The van der Waals surface area contributed by atoms with Gasteiger partial charge in [0.05, 0.1) is 12.5 Å². The third kappa shape index (κ3) is 8.59. The van der Waals surface area contributed by atoms with Crippen molar-refractivity contribution in [3.05, 3.63) is 70.8 Å². The van der Waals surface area contributed by atoms with Gasteiger partial charge in [-0.05, 0) is 60.2 Å². The number of amides is 1. The van der Waals surface area contributed by atoms with Crippen molar-refractivity contribution in [2.75, 3.05) is 13.1 Å². The highest BCUT2D eigenvalue weighted by atomic mass is 19.3. The molecular formula is C25H24F2N2O3. The van der Waals surface area contributed by atoms with Crippen LogP contribution in [0.1, 0.15) is 40.4 Å². The van der Waals surface area contributed by atoms with Gasteiger partial charge in [-0.25, -0.2) is 8.78 Å². The number of hydrogen-bond donors (Lipinski definition) is 3. The van der Waals surface area contributed by atoms with Crippen LogP contribution in [0.25, 0.3) is 0 Å².